The number of carbonyl (C=O) groups excluding carboxylic acids is 3. The Labute approximate surface area is 220 Å². The van der Waals surface area contributed by atoms with Crippen molar-refractivity contribution < 1.29 is 28.6 Å². The maximum atomic E-state index is 12.5. The minimum absolute atomic E-state index is 0.140. The number of nitrogens with zero attached hydrogens (tertiary/aromatic N) is 1. The number of aryl methyl sites for hydroxylation is 2. The Morgan fingerprint density at radius 3 is 1.66 bits per heavy atom. The second kappa shape index (κ2) is 11.8. The van der Waals surface area contributed by atoms with Crippen LogP contribution in [0.15, 0.2) is 96.0 Å². The molecule has 0 unspecified atom stereocenters. The fraction of sp³-hybridized carbons (Fsp3) is 0.0968. The van der Waals surface area contributed by atoms with E-state index >= 15 is 0 Å². The van der Waals surface area contributed by atoms with Gasteiger partial charge in [-0.25, -0.2) is 14.4 Å². The second-order valence-electron chi connectivity index (χ2n) is 8.51. The molecule has 190 valence electrons. The Balaban J connectivity index is 1.47. The predicted molar refractivity (Wildman–Crippen MR) is 144 cm³/mol. The quantitative estimate of drug-likeness (QED) is 0.166. The summed E-state index contributed by atoms with van der Waals surface area (Å²) in [6, 6.07) is 25.4. The third-order valence-corrected chi connectivity index (χ3v) is 5.60. The van der Waals surface area contributed by atoms with Gasteiger partial charge < -0.3 is 14.2 Å². The first-order valence-electron chi connectivity index (χ1n) is 11.8. The average Bonchev–Trinajstić information content (AvgIpc) is 2.93. The van der Waals surface area contributed by atoms with Crippen LogP contribution in [0.4, 0.5) is 5.69 Å². The van der Waals surface area contributed by atoms with Crippen molar-refractivity contribution in [2.45, 2.75) is 13.8 Å². The molecule has 0 atom stereocenters. The monoisotopic (exact) mass is 507 g/mol. The van der Waals surface area contributed by atoms with Gasteiger partial charge in [0.2, 0.25) is 0 Å². The number of benzene rings is 4. The van der Waals surface area contributed by atoms with Gasteiger partial charge in [-0.1, -0.05) is 35.4 Å². The number of aliphatic imine (C=N–C) groups is 1. The molecule has 4 aromatic rings. The number of esters is 3. The van der Waals surface area contributed by atoms with E-state index in [2.05, 4.69) is 4.99 Å². The Morgan fingerprint density at radius 2 is 1.13 bits per heavy atom. The first kappa shape index (κ1) is 26.0. The van der Waals surface area contributed by atoms with Crippen LogP contribution in [-0.4, -0.2) is 31.2 Å². The second-order valence-corrected chi connectivity index (χ2v) is 8.51. The molecule has 38 heavy (non-hydrogen) atoms. The van der Waals surface area contributed by atoms with Gasteiger partial charge in [0.15, 0.2) is 0 Å². The van der Waals surface area contributed by atoms with Gasteiger partial charge in [-0.15, -0.1) is 0 Å². The smallest absolute Gasteiger partial charge is 0.343 e. The molecule has 0 saturated heterocycles. The minimum atomic E-state index is -0.622. The van der Waals surface area contributed by atoms with Crippen molar-refractivity contribution in [3.05, 3.63) is 124 Å². The molecule has 0 aliphatic carbocycles. The molecule has 0 aliphatic heterocycles. The Kier molecular flexibility index (Phi) is 8.08. The fourth-order valence-corrected chi connectivity index (χ4v) is 3.44. The number of hydrogen-bond acceptors (Lipinski definition) is 7. The van der Waals surface area contributed by atoms with E-state index in [0.29, 0.717) is 28.1 Å². The third-order valence-electron chi connectivity index (χ3n) is 5.60. The van der Waals surface area contributed by atoms with Gasteiger partial charge >= 0.3 is 17.9 Å². The minimum Gasteiger partial charge on any atom is -0.465 e. The van der Waals surface area contributed by atoms with E-state index in [1.54, 1.807) is 66.9 Å². The molecule has 0 N–H and O–H groups in total. The standard InChI is InChI=1S/C31H25NO6/c1-20-4-10-23(11-5-20)29(33)37-25-14-8-22(9-15-25)19-32-28-17-16-26(18-27(28)31(35)36-3)38-30(34)24-12-6-21(2)7-13-24/h4-19H,1-3H3. The van der Waals surface area contributed by atoms with E-state index in [4.69, 9.17) is 14.2 Å². The highest BCUT2D eigenvalue weighted by Crippen LogP contribution is 2.26. The summed E-state index contributed by atoms with van der Waals surface area (Å²) in [5.41, 5.74) is 4.12. The molecule has 4 aromatic carbocycles. The Hall–Kier alpha value is -5.04. The summed E-state index contributed by atoms with van der Waals surface area (Å²) in [7, 11) is 1.26. The van der Waals surface area contributed by atoms with Crippen molar-refractivity contribution >= 4 is 29.8 Å². The van der Waals surface area contributed by atoms with Crippen LogP contribution in [0.3, 0.4) is 0 Å². The molecular weight excluding hydrogens is 482 g/mol. The lowest BCUT2D eigenvalue weighted by Crippen LogP contribution is -2.09. The molecule has 0 radical (unpaired) electrons. The molecule has 7 nitrogen and oxygen atoms in total. The van der Waals surface area contributed by atoms with Crippen LogP contribution < -0.4 is 9.47 Å². The zero-order valence-corrected chi connectivity index (χ0v) is 21.1. The summed E-state index contributed by atoms with van der Waals surface area (Å²) < 4.78 is 15.7. The van der Waals surface area contributed by atoms with E-state index in [1.165, 1.54) is 13.2 Å². The summed E-state index contributed by atoms with van der Waals surface area (Å²) in [5, 5.41) is 0. The zero-order valence-electron chi connectivity index (χ0n) is 21.1. The van der Waals surface area contributed by atoms with Crippen molar-refractivity contribution in [1.29, 1.82) is 0 Å². The van der Waals surface area contributed by atoms with E-state index in [-0.39, 0.29) is 11.3 Å². The molecule has 4 rings (SSSR count). The van der Waals surface area contributed by atoms with E-state index < -0.39 is 17.9 Å². The van der Waals surface area contributed by atoms with Gasteiger partial charge in [0.05, 0.1) is 29.5 Å². The molecule has 0 heterocycles. The molecule has 0 fully saturated rings. The van der Waals surface area contributed by atoms with E-state index in [9.17, 15) is 14.4 Å². The lowest BCUT2D eigenvalue weighted by atomic mass is 10.1. The van der Waals surface area contributed by atoms with Crippen molar-refractivity contribution in [3.8, 4) is 11.5 Å². The average molecular weight is 508 g/mol. The lowest BCUT2D eigenvalue weighted by molar-refractivity contribution is 0.0598. The summed E-state index contributed by atoms with van der Waals surface area (Å²) in [5.74, 6) is -1.03. The lowest BCUT2D eigenvalue weighted by Gasteiger charge is -2.09. The predicted octanol–water partition coefficient (Wildman–Crippen LogP) is 6.28. The largest absolute Gasteiger partial charge is 0.465 e. The maximum absolute atomic E-state index is 12.5. The summed E-state index contributed by atoms with van der Waals surface area (Å²) >= 11 is 0. The molecule has 7 heteroatoms. The first-order chi connectivity index (χ1) is 18.3. The molecule has 0 saturated carbocycles. The summed E-state index contributed by atoms with van der Waals surface area (Å²) in [6.07, 6.45) is 1.56. The van der Waals surface area contributed by atoms with Crippen molar-refractivity contribution in [2.24, 2.45) is 4.99 Å². The number of hydrogen-bond donors (Lipinski definition) is 0. The third kappa shape index (κ3) is 6.59. The van der Waals surface area contributed by atoms with Gasteiger partial charge in [0.25, 0.3) is 0 Å². The SMILES string of the molecule is COC(=O)c1cc(OC(=O)c2ccc(C)cc2)ccc1N=Cc1ccc(OC(=O)c2ccc(C)cc2)cc1. The van der Waals surface area contributed by atoms with Gasteiger partial charge in [0.1, 0.15) is 11.5 Å². The number of carbonyl (C=O) groups is 3. The van der Waals surface area contributed by atoms with Crippen LogP contribution in [-0.2, 0) is 4.74 Å². The maximum Gasteiger partial charge on any atom is 0.343 e. The number of methoxy groups -OCH3 is 1. The molecule has 0 amide bonds. The molecule has 0 bridgehead atoms. The first-order valence-corrected chi connectivity index (χ1v) is 11.8. The van der Waals surface area contributed by atoms with Gasteiger partial charge in [0, 0.05) is 6.21 Å². The molecular formula is C31H25NO6. The normalized spacial score (nSPS) is 10.7. The van der Waals surface area contributed by atoms with Crippen molar-refractivity contribution in [3.63, 3.8) is 0 Å². The number of rotatable bonds is 7. The van der Waals surface area contributed by atoms with Crippen LogP contribution >= 0.6 is 0 Å². The van der Waals surface area contributed by atoms with Crippen LogP contribution in [0.2, 0.25) is 0 Å². The van der Waals surface area contributed by atoms with Gasteiger partial charge in [-0.05, 0) is 86.1 Å². The Morgan fingerprint density at radius 1 is 0.632 bits per heavy atom. The van der Waals surface area contributed by atoms with Crippen LogP contribution in [0.1, 0.15) is 47.8 Å². The van der Waals surface area contributed by atoms with Crippen LogP contribution in [0.25, 0.3) is 0 Å². The molecule has 0 aliphatic rings. The highest BCUT2D eigenvalue weighted by molar-refractivity contribution is 5.97. The number of ether oxygens (including phenoxy) is 3. The van der Waals surface area contributed by atoms with Crippen LogP contribution in [0, 0.1) is 13.8 Å². The van der Waals surface area contributed by atoms with Gasteiger partial charge in [-0.3, -0.25) is 4.99 Å². The van der Waals surface area contributed by atoms with Crippen LogP contribution in [0.5, 0.6) is 11.5 Å². The summed E-state index contributed by atoms with van der Waals surface area (Å²) in [4.78, 5) is 41.6. The molecule has 0 aromatic heterocycles. The summed E-state index contributed by atoms with van der Waals surface area (Å²) in [6.45, 7) is 3.87. The highest BCUT2D eigenvalue weighted by atomic mass is 16.5. The zero-order chi connectivity index (χ0) is 27.1. The van der Waals surface area contributed by atoms with E-state index in [0.717, 1.165) is 11.1 Å². The van der Waals surface area contributed by atoms with E-state index in [1.807, 2.05) is 38.1 Å². The van der Waals surface area contributed by atoms with Gasteiger partial charge in [-0.2, -0.15) is 0 Å². The Bertz CT molecular complexity index is 1490. The fourth-order valence-electron chi connectivity index (χ4n) is 3.44. The topological polar surface area (TPSA) is 91.3 Å². The van der Waals surface area contributed by atoms with Crippen molar-refractivity contribution in [1.82, 2.24) is 0 Å². The molecule has 0 spiro atoms. The van der Waals surface area contributed by atoms with Crippen molar-refractivity contribution in [2.75, 3.05) is 7.11 Å². The highest BCUT2D eigenvalue weighted by Gasteiger charge is 2.15.